The highest BCUT2D eigenvalue weighted by molar-refractivity contribution is 7.91. The lowest BCUT2D eigenvalue weighted by atomic mass is 10.1. The van der Waals surface area contributed by atoms with Crippen molar-refractivity contribution in [1.82, 2.24) is 4.98 Å². The number of benzene rings is 1. The lowest BCUT2D eigenvalue weighted by Crippen LogP contribution is -2.27. The van der Waals surface area contributed by atoms with Gasteiger partial charge in [0.2, 0.25) is 0 Å². The Balaban J connectivity index is 2.57. The molecule has 1 aromatic carbocycles. The normalized spacial score (nSPS) is 14.2. The van der Waals surface area contributed by atoms with Crippen LogP contribution in [0.1, 0.15) is 32.0 Å². The molecule has 0 aliphatic carbocycles. The molecular weight excluding hydrogens is 391 g/mol. The SMILES string of the molecule is CC(C)(C)[S@@+]([O-])/N=C(\c1ccc(OC(F)(F)F)c(F)c1)c1ncccc1F. The van der Waals surface area contributed by atoms with E-state index in [9.17, 15) is 26.5 Å². The summed E-state index contributed by atoms with van der Waals surface area (Å²) in [6.45, 7) is 4.87. The molecule has 2 aromatic rings. The van der Waals surface area contributed by atoms with Crippen LogP contribution in [0.15, 0.2) is 40.9 Å². The summed E-state index contributed by atoms with van der Waals surface area (Å²) in [4.78, 5) is 3.83. The molecule has 1 atom stereocenters. The van der Waals surface area contributed by atoms with Crippen LogP contribution >= 0.6 is 0 Å². The Bertz CT molecular complexity index is 850. The maximum atomic E-state index is 14.2. The molecule has 0 amide bonds. The van der Waals surface area contributed by atoms with E-state index in [1.807, 2.05) is 0 Å². The van der Waals surface area contributed by atoms with Gasteiger partial charge in [-0.25, -0.2) is 8.78 Å². The molecule has 146 valence electrons. The summed E-state index contributed by atoms with van der Waals surface area (Å²) in [5.74, 6) is -3.20. The fraction of sp³-hybridized carbons (Fsp3) is 0.294. The molecule has 0 unspecified atom stereocenters. The van der Waals surface area contributed by atoms with E-state index in [1.54, 1.807) is 20.8 Å². The predicted octanol–water partition coefficient (Wildman–Crippen LogP) is 4.56. The van der Waals surface area contributed by atoms with E-state index in [2.05, 4.69) is 14.1 Å². The summed E-state index contributed by atoms with van der Waals surface area (Å²) in [5.41, 5.74) is -0.657. The summed E-state index contributed by atoms with van der Waals surface area (Å²) in [7, 11) is 0. The summed E-state index contributed by atoms with van der Waals surface area (Å²) in [5, 5.41) is 0. The minimum atomic E-state index is -5.07. The summed E-state index contributed by atoms with van der Waals surface area (Å²) in [6.07, 6.45) is -3.81. The second-order valence-electron chi connectivity index (χ2n) is 6.33. The van der Waals surface area contributed by atoms with Crippen molar-refractivity contribution in [2.45, 2.75) is 31.9 Å². The summed E-state index contributed by atoms with van der Waals surface area (Å²) in [6, 6.07) is 4.87. The van der Waals surface area contributed by atoms with Crippen LogP contribution in [0.4, 0.5) is 22.0 Å². The third kappa shape index (κ3) is 5.64. The zero-order valence-corrected chi connectivity index (χ0v) is 15.3. The van der Waals surface area contributed by atoms with Gasteiger partial charge in [-0.15, -0.1) is 13.2 Å². The number of hydrogen-bond acceptors (Lipinski definition) is 4. The first-order valence-corrected chi connectivity index (χ1v) is 8.66. The molecule has 0 fully saturated rings. The van der Waals surface area contributed by atoms with Crippen LogP contribution in [0.2, 0.25) is 0 Å². The van der Waals surface area contributed by atoms with Crippen molar-refractivity contribution < 1.29 is 31.2 Å². The molecule has 0 spiro atoms. The molecule has 0 saturated carbocycles. The van der Waals surface area contributed by atoms with Gasteiger partial charge in [-0.2, -0.15) is 0 Å². The van der Waals surface area contributed by atoms with E-state index in [-0.39, 0.29) is 17.0 Å². The molecule has 1 heterocycles. The number of halogens is 5. The average Bonchev–Trinajstić information content (AvgIpc) is 2.53. The van der Waals surface area contributed by atoms with Crippen LogP contribution in [-0.4, -0.2) is 26.4 Å². The zero-order valence-electron chi connectivity index (χ0n) is 14.5. The average molecular weight is 406 g/mol. The van der Waals surface area contributed by atoms with E-state index < -0.39 is 39.9 Å². The highest BCUT2D eigenvalue weighted by Gasteiger charge is 2.33. The van der Waals surface area contributed by atoms with Gasteiger partial charge in [-0.1, -0.05) is 4.40 Å². The van der Waals surface area contributed by atoms with Crippen molar-refractivity contribution in [3.8, 4) is 5.75 Å². The van der Waals surface area contributed by atoms with E-state index in [4.69, 9.17) is 0 Å². The number of ether oxygens (including phenoxy) is 1. The zero-order chi connectivity index (χ0) is 20.4. The first-order chi connectivity index (χ1) is 12.4. The van der Waals surface area contributed by atoms with Crippen molar-refractivity contribution in [2.24, 2.45) is 4.40 Å². The monoisotopic (exact) mass is 406 g/mol. The largest absolute Gasteiger partial charge is 0.591 e. The second-order valence-corrected chi connectivity index (χ2v) is 8.23. The highest BCUT2D eigenvalue weighted by Crippen LogP contribution is 2.28. The van der Waals surface area contributed by atoms with Crippen molar-refractivity contribution in [3.05, 3.63) is 59.4 Å². The number of nitrogens with zero attached hydrogens (tertiary/aromatic N) is 2. The minimum Gasteiger partial charge on any atom is -0.591 e. The topological polar surface area (TPSA) is 57.5 Å². The maximum Gasteiger partial charge on any atom is 0.573 e. The van der Waals surface area contributed by atoms with Gasteiger partial charge in [0.25, 0.3) is 0 Å². The molecule has 0 saturated heterocycles. The van der Waals surface area contributed by atoms with Crippen LogP contribution in [0.5, 0.6) is 5.75 Å². The van der Waals surface area contributed by atoms with Gasteiger partial charge in [0.05, 0.1) is 0 Å². The quantitative estimate of drug-likeness (QED) is 0.425. The van der Waals surface area contributed by atoms with Gasteiger partial charge in [0, 0.05) is 11.8 Å². The van der Waals surface area contributed by atoms with Crippen molar-refractivity contribution in [2.75, 3.05) is 0 Å². The van der Waals surface area contributed by atoms with Crippen molar-refractivity contribution >= 4 is 17.1 Å². The standard InChI is InChI=1S/C17H15F5N2O2S/c1-16(2,3)27(25)24-14(15-11(18)5-4-8-23-15)10-6-7-13(12(19)9-10)26-17(20,21)22/h4-9H,1-3H3/b24-14+/t27-/m1/s1. The van der Waals surface area contributed by atoms with Gasteiger partial charge in [-0.3, -0.25) is 4.98 Å². The van der Waals surface area contributed by atoms with Crippen LogP contribution in [-0.2, 0) is 11.4 Å². The van der Waals surface area contributed by atoms with E-state index in [0.717, 1.165) is 18.2 Å². The lowest BCUT2D eigenvalue weighted by Gasteiger charge is -2.19. The van der Waals surface area contributed by atoms with Crippen molar-refractivity contribution in [1.29, 1.82) is 0 Å². The second kappa shape index (κ2) is 7.81. The van der Waals surface area contributed by atoms with Crippen LogP contribution in [0.3, 0.4) is 0 Å². The highest BCUT2D eigenvalue weighted by atomic mass is 32.2. The number of rotatable bonds is 4. The molecule has 10 heteroatoms. The van der Waals surface area contributed by atoms with E-state index >= 15 is 0 Å². The molecule has 0 N–H and O–H groups in total. The third-order valence-corrected chi connectivity index (χ3v) is 4.51. The minimum absolute atomic E-state index is 0.0998. The van der Waals surface area contributed by atoms with E-state index in [1.165, 1.54) is 12.3 Å². The number of pyridine rings is 1. The molecule has 27 heavy (non-hydrogen) atoms. The summed E-state index contributed by atoms with van der Waals surface area (Å²) < 4.78 is 84.2. The third-order valence-electron chi connectivity index (χ3n) is 3.11. The van der Waals surface area contributed by atoms with Crippen molar-refractivity contribution in [3.63, 3.8) is 0 Å². The van der Waals surface area contributed by atoms with Gasteiger partial charge in [0.1, 0.15) is 27.5 Å². The molecular formula is C17H15F5N2O2S. The molecule has 0 radical (unpaired) electrons. The molecule has 0 aliphatic rings. The molecule has 4 nitrogen and oxygen atoms in total. The fourth-order valence-electron chi connectivity index (χ4n) is 1.87. The Morgan fingerprint density at radius 3 is 2.30 bits per heavy atom. The number of aromatic nitrogens is 1. The smallest absolute Gasteiger partial charge is 0.573 e. The predicted molar refractivity (Wildman–Crippen MR) is 90.8 cm³/mol. The van der Waals surface area contributed by atoms with Crippen LogP contribution in [0, 0.1) is 11.6 Å². The summed E-state index contributed by atoms with van der Waals surface area (Å²) >= 11 is -1.86. The van der Waals surface area contributed by atoms with Gasteiger partial charge >= 0.3 is 6.36 Å². The first kappa shape index (κ1) is 21.1. The number of alkyl halides is 3. The van der Waals surface area contributed by atoms with Crippen LogP contribution in [0.25, 0.3) is 0 Å². The Morgan fingerprint density at radius 1 is 1.11 bits per heavy atom. The maximum absolute atomic E-state index is 14.2. The van der Waals surface area contributed by atoms with Gasteiger partial charge in [-0.05, 0) is 51.1 Å². The van der Waals surface area contributed by atoms with E-state index in [0.29, 0.717) is 6.07 Å². The number of hydrogen-bond donors (Lipinski definition) is 0. The molecule has 0 aliphatic heterocycles. The Labute approximate surface area is 155 Å². The fourth-order valence-corrected chi connectivity index (χ4v) is 2.50. The molecule has 0 bridgehead atoms. The van der Waals surface area contributed by atoms with Crippen LogP contribution < -0.4 is 4.74 Å². The first-order valence-electron chi connectivity index (χ1n) is 7.56. The van der Waals surface area contributed by atoms with Gasteiger partial charge in [0.15, 0.2) is 17.4 Å². The molecule has 2 rings (SSSR count). The lowest BCUT2D eigenvalue weighted by molar-refractivity contribution is -0.275. The van der Waals surface area contributed by atoms with Gasteiger partial charge < -0.3 is 9.29 Å². The molecule has 1 aromatic heterocycles. The Kier molecular flexibility index (Phi) is 6.10. The Hall–Kier alpha value is -2.20. The Morgan fingerprint density at radius 2 is 1.78 bits per heavy atom.